The van der Waals surface area contributed by atoms with Crippen molar-refractivity contribution in [2.24, 2.45) is 0 Å². The van der Waals surface area contributed by atoms with Gasteiger partial charge in [0.25, 0.3) is 5.69 Å². The molecule has 0 saturated heterocycles. The van der Waals surface area contributed by atoms with Gasteiger partial charge in [0.15, 0.2) is 0 Å². The minimum Gasteiger partial charge on any atom is -0.318 e. The number of halogens is 2. The van der Waals surface area contributed by atoms with Gasteiger partial charge < -0.3 is 10.2 Å². The van der Waals surface area contributed by atoms with Crippen LogP contribution in [0.3, 0.4) is 0 Å². The molecule has 1 rings (SSSR count). The fourth-order valence-corrected chi connectivity index (χ4v) is 2.16. The molecule has 1 amide bonds. The van der Waals surface area contributed by atoms with Crippen molar-refractivity contribution in [2.45, 2.75) is 0 Å². The van der Waals surface area contributed by atoms with E-state index in [1.54, 1.807) is 7.05 Å². The van der Waals surface area contributed by atoms with Crippen LogP contribution in [0.4, 0.5) is 11.4 Å². The van der Waals surface area contributed by atoms with Crippen molar-refractivity contribution in [2.75, 3.05) is 30.9 Å². The lowest BCUT2D eigenvalue weighted by Crippen LogP contribution is -2.37. The van der Waals surface area contributed by atoms with Crippen LogP contribution in [0.5, 0.6) is 0 Å². The summed E-state index contributed by atoms with van der Waals surface area (Å²) in [6.07, 6.45) is 0. The number of nitrogens with one attached hydrogen (secondary N) is 1. The molecule has 1 N–H and O–H groups in total. The fraction of sp³-hybridized carbons (Fsp3) is 0.364. The Morgan fingerprint density at radius 1 is 1.58 bits per heavy atom. The molecule has 0 fully saturated rings. The van der Waals surface area contributed by atoms with E-state index in [1.165, 1.54) is 23.1 Å². The number of nitro groups is 1. The van der Waals surface area contributed by atoms with Crippen LogP contribution in [-0.4, -0.2) is 36.8 Å². The first kappa shape index (κ1) is 15.9. The molecule has 19 heavy (non-hydrogen) atoms. The van der Waals surface area contributed by atoms with Gasteiger partial charge in [-0.05, 0) is 35.1 Å². The van der Waals surface area contributed by atoms with Crippen LogP contribution >= 0.6 is 27.5 Å². The van der Waals surface area contributed by atoms with E-state index in [1.807, 2.05) is 0 Å². The van der Waals surface area contributed by atoms with Gasteiger partial charge in [-0.15, -0.1) is 11.6 Å². The number of amides is 1. The molecule has 0 bridgehead atoms. The van der Waals surface area contributed by atoms with Crippen molar-refractivity contribution < 1.29 is 9.72 Å². The van der Waals surface area contributed by atoms with Crippen LogP contribution in [0.15, 0.2) is 22.7 Å². The Labute approximate surface area is 124 Å². The summed E-state index contributed by atoms with van der Waals surface area (Å²) in [7, 11) is 1.77. The highest BCUT2D eigenvalue weighted by atomic mass is 79.9. The summed E-state index contributed by atoms with van der Waals surface area (Å²) in [5.74, 6) is -0.393. The first-order chi connectivity index (χ1) is 9.01. The second-order valence-electron chi connectivity index (χ2n) is 3.68. The van der Waals surface area contributed by atoms with Gasteiger partial charge >= 0.3 is 0 Å². The maximum atomic E-state index is 11.8. The molecule has 0 atom stereocenters. The molecule has 0 aromatic heterocycles. The number of hydrogen-bond acceptors (Lipinski definition) is 4. The zero-order valence-corrected chi connectivity index (χ0v) is 12.6. The third-order valence-electron chi connectivity index (χ3n) is 2.44. The van der Waals surface area contributed by atoms with Crippen molar-refractivity contribution in [3.63, 3.8) is 0 Å². The minimum atomic E-state index is -0.491. The number of nitro benzene ring substituents is 1. The molecule has 0 spiro atoms. The van der Waals surface area contributed by atoms with Crippen LogP contribution in [0.2, 0.25) is 0 Å². The highest BCUT2D eigenvalue weighted by Gasteiger charge is 2.18. The summed E-state index contributed by atoms with van der Waals surface area (Å²) >= 11 is 8.69. The van der Waals surface area contributed by atoms with E-state index < -0.39 is 4.92 Å². The second-order valence-corrected chi connectivity index (χ2v) is 4.80. The average molecular weight is 351 g/mol. The smallest absolute Gasteiger partial charge is 0.283 e. The molecule has 0 aliphatic carbocycles. The van der Waals surface area contributed by atoms with Gasteiger partial charge in [-0.1, -0.05) is 0 Å². The number of anilines is 1. The number of benzene rings is 1. The maximum absolute atomic E-state index is 11.8. The number of likely N-dealkylation sites (N-methyl/N-ethyl adjacent to an activating group) is 1. The number of nitrogens with zero attached hydrogens (tertiary/aromatic N) is 2. The summed E-state index contributed by atoms with van der Waals surface area (Å²) in [6.45, 7) is 1.03. The zero-order chi connectivity index (χ0) is 14.4. The normalized spacial score (nSPS) is 10.3. The third kappa shape index (κ3) is 4.15. The SMILES string of the molecule is CNCCN(C(=O)CCl)c1ccc([N+](=O)[O-])c(Br)c1. The highest BCUT2D eigenvalue weighted by molar-refractivity contribution is 9.10. The summed E-state index contributed by atoms with van der Waals surface area (Å²) in [6, 6.07) is 4.43. The Balaban J connectivity index is 3.05. The number of alkyl halides is 1. The summed E-state index contributed by atoms with van der Waals surface area (Å²) in [5.41, 5.74) is 0.522. The largest absolute Gasteiger partial charge is 0.318 e. The van der Waals surface area contributed by atoms with E-state index in [-0.39, 0.29) is 17.5 Å². The van der Waals surface area contributed by atoms with Gasteiger partial charge in [-0.25, -0.2) is 0 Å². The van der Waals surface area contributed by atoms with Crippen molar-refractivity contribution in [3.8, 4) is 0 Å². The van der Waals surface area contributed by atoms with E-state index in [2.05, 4.69) is 21.2 Å². The minimum absolute atomic E-state index is 0.0457. The predicted molar refractivity (Wildman–Crippen MR) is 77.8 cm³/mol. The first-order valence-electron chi connectivity index (χ1n) is 5.46. The molecule has 0 unspecified atom stereocenters. The molecule has 104 valence electrons. The number of carbonyl (C=O) groups is 1. The van der Waals surface area contributed by atoms with Crippen molar-refractivity contribution in [3.05, 3.63) is 32.8 Å². The Bertz CT molecular complexity index is 484. The number of carbonyl (C=O) groups excluding carboxylic acids is 1. The van der Waals surface area contributed by atoms with E-state index in [9.17, 15) is 14.9 Å². The Morgan fingerprint density at radius 3 is 2.74 bits per heavy atom. The summed E-state index contributed by atoms with van der Waals surface area (Å²) in [5, 5.41) is 13.7. The van der Waals surface area contributed by atoms with Gasteiger partial charge in [0.05, 0.1) is 9.40 Å². The van der Waals surface area contributed by atoms with E-state index >= 15 is 0 Å². The predicted octanol–water partition coefficient (Wildman–Crippen LogP) is 2.15. The van der Waals surface area contributed by atoms with Gasteiger partial charge in [0, 0.05) is 24.8 Å². The number of rotatable bonds is 6. The monoisotopic (exact) mass is 349 g/mol. The van der Waals surface area contributed by atoms with Crippen molar-refractivity contribution in [1.29, 1.82) is 0 Å². The zero-order valence-electron chi connectivity index (χ0n) is 10.2. The standard InChI is InChI=1S/C11H13BrClN3O3/c1-14-4-5-15(11(17)7-13)8-2-3-10(16(18)19)9(12)6-8/h2-3,6,14H,4-5,7H2,1H3. The lowest BCUT2D eigenvalue weighted by Gasteiger charge is -2.22. The van der Waals surface area contributed by atoms with Gasteiger partial charge in [-0.3, -0.25) is 14.9 Å². The molecule has 8 heteroatoms. The second kappa shape index (κ2) is 7.42. The molecular weight excluding hydrogens is 337 g/mol. The first-order valence-corrected chi connectivity index (χ1v) is 6.79. The molecule has 6 nitrogen and oxygen atoms in total. The van der Waals surface area contributed by atoms with Crippen LogP contribution in [-0.2, 0) is 4.79 Å². The average Bonchev–Trinajstić information content (AvgIpc) is 2.38. The summed E-state index contributed by atoms with van der Waals surface area (Å²) < 4.78 is 0.326. The van der Waals surface area contributed by atoms with Gasteiger partial charge in [0.2, 0.25) is 5.91 Å². The molecule has 0 aliphatic rings. The molecule has 0 saturated carbocycles. The molecule has 0 radical (unpaired) electrons. The molecule has 0 aliphatic heterocycles. The summed E-state index contributed by atoms with van der Waals surface area (Å²) in [4.78, 5) is 23.5. The Hall–Kier alpha value is -1.18. The third-order valence-corrected chi connectivity index (χ3v) is 3.30. The lowest BCUT2D eigenvalue weighted by atomic mass is 10.2. The molecular formula is C11H13BrClN3O3. The van der Waals surface area contributed by atoms with Crippen molar-refractivity contribution >= 4 is 44.8 Å². The lowest BCUT2D eigenvalue weighted by molar-refractivity contribution is -0.385. The van der Waals surface area contributed by atoms with E-state index in [0.717, 1.165) is 0 Å². The topological polar surface area (TPSA) is 75.5 Å². The van der Waals surface area contributed by atoms with E-state index in [0.29, 0.717) is 23.2 Å². The van der Waals surface area contributed by atoms with Gasteiger partial charge in [0.1, 0.15) is 5.88 Å². The van der Waals surface area contributed by atoms with Crippen LogP contribution in [0.1, 0.15) is 0 Å². The Kier molecular flexibility index (Phi) is 6.20. The van der Waals surface area contributed by atoms with Crippen LogP contribution < -0.4 is 10.2 Å². The number of hydrogen-bond donors (Lipinski definition) is 1. The van der Waals surface area contributed by atoms with Crippen molar-refractivity contribution in [1.82, 2.24) is 5.32 Å². The molecule has 0 heterocycles. The molecule has 1 aromatic carbocycles. The fourth-order valence-electron chi connectivity index (χ4n) is 1.51. The quantitative estimate of drug-likeness (QED) is 0.484. The van der Waals surface area contributed by atoms with E-state index in [4.69, 9.17) is 11.6 Å². The van der Waals surface area contributed by atoms with Crippen LogP contribution in [0.25, 0.3) is 0 Å². The molecule has 1 aromatic rings. The highest BCUT2D eigenvalue weighted by Crippen LogP contribution is 2.29. The van der Waals surface area contributed by atoms with Gasteiger partial charge in [-0.2, -0.15) is 0 Å². The van der Waals surface area contributed by atoms with Crippen LogP contribution in [0, 0.1) is 10.1 Å². The maximum Gasteiger partial charge on any atom is 0.283 e. The Morgan fingerprint density at radius 2 is 2.26 bits per heavy atom.